The molecule has 7 nitrogen and oxygen atoms in total. The third kappa shape index (κ3) is 2.47. The summed E-state index contributed by atoms with van der Waals surface area (Å²) in [4.78, 5) is 13.6. The fraction of sp³-hybridized carbons (Fsp3) is 0.353. The Balaban J connectivity index is 1.79. The molecule has 1 aliphatic heterocycles. The molecule has 0 saturated carbocycles. The second kappa shape index (κ2) is 5.94. The Bertz CT molecular complexity index is 865. The van der Waals surface area contributed by atoms with Crippen molar-refractivity contribution in [3.8, 4) is 11.4 Å². The Labute approximate surface area is 138 Å². The number of aromatic nitrogens is 4. The molecule has 0 amide bonds. The molecule has 1 aromatic carbocycles. The lowest BCUT2D eigenvalue weighted by Crippen LogP contribution is -2.24. The lowest BCUT2D eigenvalue weighted by atomic mass is 10.2. The molecule has 3 atom stereocenters. The van der Waals surface area contributed by atoms with Crippen molar-refractivity contribution in [2.24, 2.45) is 0 Å². The number of rotatable bonds is 3. The van der Waals surface area contributed by atoms with Gasteiger partial charge in [-0.1, -0.05) is 30.3 Å². The molecule has 124 valence electrons. The second-order valence-corrected chi connectivity index (χ2v) is 5.94. The number of aryl methyl sites for hydroxylation is 1. The first-order chi connectivity index (χ1) is 11.7. The van der Waals surface area contributed by atoms with Gasteiger partial charge in [0.2, 0.25) is 0 Å². The Morgan fingerprint density at radius 1 is 1.25 bits per heavy atom. The summed E-state index contributed by atoms with van der Waals surface area (Å²) in [5.41, 5.74) is 3.09. The van der Waals surface area contributed by atoms with Gasteiger partial charge in [-0.25, -0.2) is 15.0 Å². The lowest BCUT2D eigenvalue weighted by Gasteiger charge is -2.14. The minimum Gasteiger partial charge on any atom is -0.394 e. The number of fused-ring (bicyclic) bond motifs is 1. The summed E-state index contributed by atoms with van der Waals surface area (Å²) in [6.07, 6.45) is 0.358. The molecule has 3 aromatic rings. The number of aliphatic hydroxyl groups excluding tert-OH is 2. The molecule has 2 N–H and O–H groups in total. The monoisotopic (exact) mass is 326 g/mol. The van der Waals surface area contributed by atoms with Gasteiger partial charge in [0, 0.05) is 12.0 Å². The standard InChI is InChI=1S/C17H18N4O3/c1-10-15-17(20-16(19-10)11-5-3-2-4-6-11)21(9-18-15)14-7-12(23)13(8-22)24-14/h2-6,9,12-14,22-23H,7-8H2,1H3/t12-,13+,14+/m0/s1. The van der Waals surface area contributed by atoms with Crippen LogP contribution in [0.25, 0.3) is 22.6 Å². The van der Waals surface area contributed by atoms with Crippen LogP contribution in [0.4, 0.5) is 0 Å². The van der Waals surface area contributed by atoms with E-state index < -0.39 is 18.4 Å². The molecule has 0 bridgehead atoms. The molecule has 3 heterocycles. The molecule has 1 fully saturated rings. The van der Waals surface area contributed by atoms with Gasteiger partial charge in [0.15, 0.2) is 11.5 Å². The maximum atomic E-state index is 9.97. The number of hydrogen-bond donors (Lipinski definition) is 2. The molecule has 7 heteroatoms. The molecule has 1 aliphatic rings. The highest BCUT2D eigenvalue weighted by molar-refractivity contribution is 5.76. The second-order valence-electron chi connectivity index (χ2n) is 5.94. The minimum absolute atomic E-state index is 0.215. The SMILES string of the molecule is Cc1nc(-c2ccccc2)nc2c1ncn2[C@H]1C[C@H](O)[C@@H](CO)O1. The van der Waals surface area contributed by atoms with Gasteiger partial charge in [-0.05, 0) is 6.92 Å². The van der Waals surface area contributed by atoms with Crippen molar-refractivity contribution in [1.29, 1.82) is 0 Å². The average molecular weight is 326 g/mol. The van der Waals surface area contributed by atoms with Crippen molar-refractivity contribution in [2.45, 2.75) is 31.8 Å². The number of ether oxygens (including phenoxy) is 1. The number of nitrogens with zero attached hydrogens (tertiary/aromatic N) is 4. The summed E-state index contributed by atoms with van der Waals surface area (Å²) in [6.45, 7) is 1.68. The fourth-order valence-corrected chi connectivity index (χ4v) is 3.03. The summed E-state index contributed by atoms with van der Waals surface area (Å²) in [5, 5.41) is 19.2. The Morgan fingerprint density at radius 3 is 2.75 bits per heavy atom. The summed E-state index contributed by atoms with van der Waals surface area (Å²) >= 11 is 0. The highest BCUT2D eigenvalue weighted by Gasteiger charge is 2.35. The van der Waals surface area contributed by atoms with E-state index in [9.17, 15) is 10.2 Å². The average Bonchev–Trinajstić information content (AvgIpc) is 3.19. The summed E-state index contributed by atoms with van der Waals surface area (Å²) < 4.78 is 7.52. The number of aliphatic hydroxyl groups is 2. The zero-order chi connectivity index (χ0) is 16.7. The van der Waals surface area contributed by atoms with Gasteiger partial charge < -0.3 is 14.9 Å². The van der Waals surface area contributed by atoms with E-state index in [1.165, 1.54) is 0 Å². The van der Waals surface area contributed by atoms with E-state index >= 15 is 0 Å². The van der Waals surface area contributed by atoms with E-state index in [0.717, 1.165) is 11.3 Å². The number of hydrogen-bond acceptors (Lipinski definition) is 6. The molecule has 0 spiro atoms. The normalized spacial score (nSPS) is 23.9. The molecule has 0 radical (unpaired) electrons. The van der Waals surface area contributed by atoms with Crippen molar-refractivity contribution in [2.75, 3.05) is 6.61 Å². The van der Waals surface area contributed by atoms with Crippen LogP contribution in [-0.2, 0) is 4.74 Å². The van der Waals surface area contributed by atoms with Crippen LogP contribution in [0.15, 0.2) is 36.7 Å². The van der Waals surface area contributed by atoms with Crippen LogP contribution in [0, 0.1) is 6.92 Å². The van der Waals surface area contributed by atoms with E-state index in [1.54, 1.807) is 10.9 Å². The smallest absolute Gasteiger partial charge is 0.166 e. The Hall–Kier alpha value is -2.35. The zero-order valence-electron chi connectivity index (χ0n) is 13.2. The molecule has 1 saturated heterocycles. The topological polar surface area (TPSA) is 93.3 Å². The van der Waals surface area contributed by atoms with Gasteiger partial charge in [-0.2, -0.15) is 0 Å². The third-order valence-corrected chi connectivity index (χ3v) is 4.32. The van der Waals surface area contributed by atoms with Crippen molar-refractivity contribution in [3.63, 3.8) is 0 Å². The van der Waals surface area contributed by atoms with E-state index in [1.807, 2.05) is 37.3 Å². The van der Waals surface area contributed by atoms with Crippen LogP contribution in [-0.4, -0.2) is 48.5 Å². The highest BCUT2D eigenvalue weighted by atomic mass is 16.5. The molecular weight excluding hydrogens is 308 g/mol. The van der Waals surface area contributed by atoms with Gasteiger partial charge in [0.25, 0.3) is 0 Å². The predicted octanol–water partition coefficient (Wildman–Crippen LogP) is 1.44. The molecule has 0 unspecified atom stereocenters. The Morgan fingerprint density at radius 2 is 2.04 bits per heavy atom. The number of imidazole rings is 1. The predicted molar refractivity (Wildman–Crippen MR) is 87.1 cm³/mol. The molecule has 24 heavy (non-hydrogen) atoms. The highest BCUT2D eigenvalue weighted by Crippen LogP contribution is 2.31. The van der Waals surface area contributed by atoms with Crippen LogP contribution in [0.5, 0.6) is 0 Å². The minimum atomic E-state index is -0.700. The maximum Gasteiger partial charge on any atom is 0.166 e. The first-order valence-corrected chi connectivity index (χ1v) is 7.88. The van der Waals surface area contributed by atoms with Crippen LogP contribution >= 0.6 is 0 Å². The first kappa shape index (κ1) is 15.2. The largest absolute Gasteiger partial charge is 0.394 e. The van der Waals surface area contributed by atoms with E-state index in [0.29, 0.717) is 23.4 Å². The summed E-state index contributed by atoms with van der Waals surface area (Å²) in [5.74, 6) is 0.625. The zero-order valence-corrected chi connectivity index (χ0v) is 13.2. The van der Waals surface area contributed by atoms with Crippen LogP contribution in [0.2, 0.25) is 0 Å². The van der Waals surface area contributed by atoms with Gasteiger partial charge in [0.05, 0.1) is 24.7 Å². The molecular formula is C17H18N4O3. The van der Waals surface area contributed by atoms with Gasteiger partial charge in [-0.15, -0.1) is 0 Å². The van der Waals surface area contributed by atoms with Gasteiger partial charge in [-0.3, -0.25) is 4.57 Å². The van der Waals surface area contributed by atoms with Crippen molar-refractivity contribution in [3.05, 3.63) is 42.4 Å². The molecule has 2 aromatic heterocycles. The third-order valence-electron chi connectivity index (χ3n) is 4.32. The lowest BCUT2D eigenvalue weighted by molar-refractivity contribution is -0.0432. The van der Waals surface area contributed by atoms with Gasteiger partial charge in [0.1, 0.15) is 17.8 Å². The summed E-state index contributed by atoms with van der Waals surface area (Å²) in [6, 6.07) is 9.75. The first-order valence-electron chi connectivity index (χ1n) is 7.88. The van der Waals surface area contributed by atoms with Crippen molar-refractivity contribution in [1.82, 2.24) is 19.5 Å². The molecule has 0 aliphatic carbocycles. The van der Waals surface area contributed by atoms with E-state index in [2.05, 4.69) is 15.0 Å². The van der Waals surface area contributed by atoms with Crippen molar-refractivity contribution >= 4 is 11.2 Å². The van der Waals surface area contributed by atoms with Crippen molar-refractivity contribution < 1.29 is 14.9 Å². The van der Waals surface area contributed by atoms with Crippen LogP contribution in [0.3, 0.4) is 0 Å². The molecule has 4 rings (SSSR count). The van der Waals surface area contributed by atoms with Gasteiger partial charge >= 0.3 is 0 Å². The fourth-order valence-electron chi connectivity index (χ4n) is 3.03. The quantitative estimate of drug-likeness (QED) is 0.756. The van der Waals surface area contributed by atoms with Crippen LogP contribution in [0.1, 0.15) is 18.3 Å². The van der Waals surface area contributed by atoms with Crippen LogP contribution < -0.4 is 0 Å². The summed E-state index contributed by atoms with van der Waals surface area (Å²) in [7, 11) is 0. The Kier molecular flexibility index (Phi) is 3.76. The number of benzene rings is 1. The van der Waals surface area contributed by atoms with E-state index in [-0.39, 0.29) is 6.61 Å². The maximum absolute atomic E-state index is 9.97. The van der Waals surface area contributed by atoms with E-state index in [4.69, 9.17) is 4.74 Å².